The molecule has 18 heavy (non-hydrogen) atoms. The molecule has 88 valence electrons. The molecule has 1 heterocycles. The van der Waals surface area contributed by atoms with E-state index in [-0.39, 0.29) is 16.9 Å². The quantitative estimate of drug-likeness (QED) is 0.646. The van der Waals surface area contributed by atoms with Crippen LogP contribution in [0, 0.1) is 0 Å². The summed E-state index contributed by atoms with van der Waals surface area (Å²) < 4.78 is 9.72. The largest absolute Gasteiger partial charge is 0.519 e. The number of benzene rings is 2. The molecule has 0 saturated carbocycles. The Hall–Kier alpha value is -2.62. The molecule has 4 heteroatoms. The van der Waals surface area contributed by atoms with Gasteiger partial charge in [-0.2, -0.15) is 0 Å². The van der Waals surface area contributed by atoms with Crippen molar-refractivity contribution in [3.63, 3.8) is 0 Å². The molecule has 0 saturated heterocycles. The van der Waals surface area contributed by atoms with Gasteiger partial charge in [-0.25, -0.2) is 4.79 Å². The number of rotatable bonds is 2. The monoisotopic (exact) mass is 240 g/mol. The zero-order valence-electron chi connectivity index (χ0n) is 9.25. The zero-order chi connectivity index (χ0) is 12.5. The van der Waals surface area contributed by atoms with Gasteiger partial charge in [0, 0.05) is 5.56 Å². The van der Waals surface area contributed by atoms with E-state index in [1.165, 1.54) is 0 Å². The van der Waals surface area contributed by atoms with Gasteiger partial charge in [0.2, 0.25) is 0 Å². The fourth-order valence-electron chi connectivity index (χ4n) is 1.82. The van der Waals surface area contributed by atoms with E-state index in [4.69, 9.17) is 8.83 Å². The second-order valence-corrected chi connectivity index (χ2v) is 3.78. The van der Waals surface area contributed by atoms with Gasteiger partial charge in [-0.1, -0.05) is 36.4 Å². The van der Waals surface area contributed by atoms with Crippen molar-refractivity contribution in [1.82, 2.24) is 0 Å². The summed E-state index contributed by atoms with van der Waals surface area (Å²) in [6.45, 7) is 0. The van der Waals surface area contributed by atoms with Gasteiger partial charge in [-0.15, -0.1) is 0 Å². The van der Waals surface area contributed by atoms with E-state index >= 15 is 0 Å². The van der Waals surface area contributed by atoms with Crippen LogP contribution in [-0.2, 0) is 0 Å². The van der Waals surface area contributed by atoms with Crippen LogP contribution in [0.15, 0.2) is 62.2 Å². The molecule has 0 unspecified atom stereocenters. The summed E-state index contributed by atoms with van der Waals surface area (Å²) in [6.07, 6.45) is 0. The Morgan fingerprint density at radius 2 is 1.67 bits per heavy atom. The van der Waals surface area contributed by atoms with Gasteiger partial charge in [-0.05, 0) is 12.1 Å². The molecule has 0 spiro atoms. The SMILES string of the molecule is O=C(c1ccccc1)c1cccc2oc(=O)oc12. The topological polar surface area (TPSA) is 60.4 Å². The van der Waals surface area contributed by atoms with Gasteiger partial charge in [-0.3, -0.25) is 4.79 Å². The van der Waals surface area contributed by atoms with Gasteiger partial charge < -0.3 is 8.83 Å². The molecular weight excluding hydrogens is 232 g/mol. The van der Waals surface area contributed by atoms with Crippen molar-refractivity contribution >= 4 is 16.9 Å². The van der Waals surface area contributed by atoms with Crippen molar-refractivity contribution < 1.29 is 13.6 Å². The van der Waals surface area contributed by atoms with Crippen molar-refractivity contribution in [3.05, 3.63) is 70.3 Å². The summed E-state index contributed by atoms with van der Waals surface area (Å²) in [4.78, 5) is 23.3. The first kappa shape index (κ1) is 10.5. The molecule has 0 bridgehead atoms. The number of hydrogen-bond donors (Lipinski definition) is 0. The fourth-order valence-corrected chi connectivity index (χ4v) is 1.82. The Morgan fingerprint density at radius 1 is 0.889 bits per heavy atom. The molecule has 0 aliphatic rings. The Morgan fingerprint density at radius 3 is 2.44 bits per heavy atom. The Kier molecular flexibility index (Phi) is 2.34. The van der Waals surface area contributed by atoms with E-state index in [2.05, 4.69) is 0 Å². The van der Waals surface area contributed by atoms with Gasteiger partial charge in [0.05, 0.1) is 5.56 Å². The smallest absolute Gasteiger partial charge is 0.391 e. The van der Waals surface area contributed by atoms with Crippen molar-refractivity contribution in [2.45, 2.75) is 0 Å². The van der Waals surface area contributed by atoms with Gasteiger partial charge in [0.25, 0.3) is 0 Å². The van der Waals surface area contributed by atoms with E-state index in [9.17, 15) is 9.59 Å². The van der Waals surface area contributed by atoms with Crippen LogP contribution in [0.5, 0.6) is 0 Å². The van der Waals surface area contributed by atoms with E-state index in [0.717, 1.165) is 0 Å². The second kappa shape index (κ2) is 4.00. The van der Waals surface area contributed by atoms with Crippen molar-refractivity contribution in [2.75, 3.05) is 0 Å². The minimum atomic E-state index is -0.807. The third-order valence-corrected chi connectivity index (χ3v) is 2.64. The molecule has 0 N–H and O–H groups in total. The van der Waals surface area contributed by atoms with E-state index < -0.39 is 5.82 Å². The Labute approximate surface area is 101 Å². The maximum Gasteiger partial charge on any atom is 0.519 e. The van der Waals surface area contributed by atoms with Crippen LogP contribution in [0.25, 0.3) is 11.2 Å². The van der Waals surface area contributed by atoms with E-state index in [0.29, 0.717) is 11.1 Å². The number of carbonyl (C=O) groups excluding carboxylic acids is 1. The maximum absolute atomic E-state index is 12.3. The average molecular weight is 240 g/mol. The highest BCUT2D eigenvalue weighted by molar-refractivity contribution is 6.14. The van der Waals surface area contributed by atoms with Crippen LogP contribution in [-0.4, -0.2) is 5.78 Å². The summed E-state index contributed by atoms with van der Waals surface area (Å²) >= 11 is 0. The summed E-state index contributed by atoms with van der Waals surface area (Å²) in [5.74, 6) is -1.01. The molecule has 1 aromatic heterocycles. The number of hydrogen-bond acceptors (Lipinski definition) is 4. The second-order valence-electron chi connectivity index (χ2n) is 3.78. The summed E-state index contributed by atoms with van der Waals surface area (Å²) in [5.41, 5.74) is 1.33. The van der Waals surface area contributed by atoms with Crippen LogP contribution in [0.2, 0.25) is 0 Å². The number of ketones is 1. The molecule has 3 aromatic rings. The third kappa shape index (κ3) is 1.64. The molecule has 0 aliphatic heterocycles. The minimum Gasteiger partial charge on any atom is -0.391 e. The standard InChI is InChI=1S/C14H8O4/c15-12(9-5-2-1-3-6-9)10-7-4-8-11-13(10)18-14(16)17-11/h1-8H. The van der Waals surface area contributed by atoms with E-state index in [1.54, 1.807) is 42.5 Å². The van der Waals surface area contributed by atoms with Crippen molar-refractivity contribution in [3.8, 4) is 0 Å². The highest BCUT2D eigenvalue weighted by Crippen LogP contribution is 2.20. The first-order valence-corrected chi connectivity index (χ1v) is 5.38. The molecule has 0 radical (unpaired) electrons. The third-order valence-electron chi connectivity index (χ3n) is 2.64. The Bertz CT molecular complexity index is 765. The predicted octanol–water partition coefficient (Wildman–Crippen LogP) is 2.62. The van der Waals surface area contributed by atoms with Gasteiger partial charge in [0.1, 0.15) is 0 Å². The number of carbonyl (C=O) groups is 1. The molecule has 3 rings (SSSR count). The number of para-hydroxylation sites is 1. The molecule has 0 atom stereocenters. The summed E-state index contributed by atoms with van der Waals surface area (Å²) in [6, 6.07) is 13.6. The lowest BCUT2D eigenvalue weighted by Crippen LogP contribution is -2.01. The first-order valence-electron chi connectivity index (χ1n) is 5.38. The normalized spacial score (nSPS) is 10.7. The molecule has 4 nitrogen and oxygen atoms in total. The van der Waals surface area contributed by atoms with E-state index in [1.807, 2.05) is 6.07 Å². The summed E-state index contributed by atoms with van der Waals surface area (Å²) in [5, 5.41) is 0. The van der Waals surface area contributed by atoms with Crippen LogP contribution in [0.4, 0.5) is 0 Å². The highest BCUT2D eigenvalue weighted by atomic mass is 16.6. The van der Waals surface area contributed by atoms with Crippen LogP contribution < -0.4 is 5.82 Å². The maximum atomic E-state index is 12.3. The lowest BCUT2D eigenvalue weighted by atomic mass is 10.0. The van der Waals surface area contributed by atoms with Crippen LogP contribution >= 0.6 is 0 Å². The Balaban J connectivity index is 2.21. The van der Waals surface area contributed by atoms with Crippen LogP contribution in [0.1, 0.15) is 15.9 Å². The highest BCUT2D eigenvalue weighted by Gasteiger charge is 2.16. The van der Waals surface area contributed by atoms with Crippen molar-refractivity contribution in [2.24, 2.45) is 0 Å². The van der Waals surface area contributed by atoms with Gasteiger partial charge in [0.15, 0.2) is 16.9 Å². The molecule has 0 amide bonds. The fraction of sp³-hybridized carbons (Fsp3) is 0. The van der Waals surface area contributed by atoms with Gasteiger partial charge >= 0.3 is 5.82 Å². The molecule has 0 fully saturated rings. The average Bonchev–Trinajstić information content (AvgIpc) is 2.79. The predicted molar refractivity (Wildman–Crippen MR) is 64.6 cm³/mol. The zero-order valence-corrected chi connectivity index (χ0v) is 9.25. The summed E-state index contributed by atoms with van der Waals surface area (Å²) in [7, 11) is 0. The first-order chi connectivity index (χ1) is 8.75. The number of fused-ring (bicyclic) bond motifs is 1. The van der Waals surface area contributed by atoms with Crippen molar-refractivity contribution in [1.29, 1.82) is 0 Å². The molecule has 0 aliphatic carbocycles. The lowest BCUT2D eigenvalue weighted by molar-refractivity contribution is 0.103. The minimum absolute atomic E-state index is 0.191. The molecule has 2 aromatic carbocycles. The lowest BCUT2D eigenvalue weighted by Gasteiger charge is -2.00. The van der Waals surface area contributed by atoms with Crippen LogP contribution in [0.3, 0.4) is 0 Å². The molecular formula is C14H8O4.